The van der Waals surface area contributed by atoms with Gasteiger partial charge in [-0.15, -0.1) is 0 Å². The zero-order chi connectivity index (χ0) is 14.4. The van der Waals surface area contributed by atoms with E-state index in [1.807, 2.05) is 18.2 Å². The molecule has 2 rings (SSSR count). The minimum absolute atomic E-state index is 0.126. The molecule has 0 saturated carbocycles. The van der Waals surface area contributed by atoms with Crippen LogP contribution in [0.15, 0.2) is 34.7 Å². The molecule has 0 spiro atoms. The number of ether oxygens (including phenoxy) is 1. The monoisotopic (exact) mass is 275 g/mol. The maximum Gasteiger partial charge on any atom is 0.134 e. The van der Waals surface area contributed by atoms with E-state index in [0.29, 0.717) is 12.5 Å². The Hall–Kier alpha value is -1.32. The quantitative estimate of drug-likeness (QED) is 0.786. The second-order valence-corrected chi connectivity index (χ2v) is 5.62. The summed E-state index contributed by atoms with van der Waals surface area (Å²) in [7, 11) is 0. The predicted octanol–water partition coefficient (Wildman–Crippen LogP) is 4.15. The molecule has 1 aromatic carbocycles. The van der Waals surface area contributed by atoms with Crippen LogP contribution in [0.2, 0.25) is 0 Å². The molecule has 0 aliphatic rings. The van der Waals surface area contributed by atoms with Crippen molar-refractivity contribution in [3.63, 3.8) is 0 Å². The molecule has 0 saturated heterocycles. The molecule has 1 N–H and O–H groups in total. The number of hydrogen-bond donors (Lipinski definition) is 1. The average Bonchev–Trinajstić information content (AvgIpc) is 2.85. The lowest BCUT2D eigenvalue weighted by molar-refractivity contribution is 0.0854. The topological polar surface area (TPSA) is 34.4 Å². The van der Waals surface area contributed by atoms with Gasteiger partial charge in [0.1, 0.15) is 11.3 Å². The highest BCUT2D eigenvalue weighted by atomic mass is 16.5. The summed E-state index contributed by atoms with van der Waals surface area (Å²) in [5.41, 5.74) is 0.939. The molecule has 1 unspecified atom stereocenters. The molecule has 0 radical (unpaired) electrons. The lowest BCUT2D eigenvalue weighted by Crippen LogP contribution is -2.26. The maximum absolute atomic E-state index is 5.94. The first-order valence-corrected chi connectivity index (χ1v) is 7.50. The number of para-hydroxylation sites is 1. The van der Waals surface area contributed by atoms with Crippen LogP contribution in [-0.4, -0.2) is 19.8 Å². The SMILES string of the molecule is CCCNC(COCC(C)C)c1cc2ccccc2o1. The van der Waals surface area contributed by atoms with Crippen LogP contribution in [-0.2, 0) is 4.74 Å². The summed E-state index contributed by atoms with van der Waals surface area (Å²) < 4.78 is 11.7. The minimum atomic E-state index is 0.126. The largest absolute Gasteiger partial charge is 0.459 e. The third-order valence-corrected chi connectivity index (χ3v) is 3.16. The zero-order valence-corrected chi connectivity index (χ0v) is 12.7. The Morgan fingerprint density at radius 2 is 2.00 bits per heavy atom. The first-order chi connectivity index (χ1) is 9.70. The normalized spacial score (nSPS) is 13.2. The van der Waals surface area contributed by atoms with E-state index in [2.05, 4.69) is 38.2 Å². The fourth-order valence-electron chi connectivity index (χ4n) is 2.16. The van der Waals surface area contributed by atoms with Crippen LogP contribution in [0, 0.1) is 5.92 Å². The second kappa shape index (κ2) is 7.46. The van der Waals surface area contributed by atoms with E-state index in [1.165, 1.54) is 0 Å². The van der Waals surface area contributed by atoms with Crippen LogP contribution in [0.25, 0.3) is 11.0 Å². The smallest absolute Gasteiger partial charge is 0.134 e. The number of furan rings is 1. The third-order valence-electron chi connectivity index (χ3n) is 3.16. The molecule has 1 heterocycles. The Morgan fingerprint density at radius 1 is 1.20 bits per heavy atom. The summed E-state index contributed by atoms with van der Waals surface area (Å²) in [4.78, 5) is 0. The summed E-state index contributed by atoms with van der Waals surface area (Å²) in [5.74, 6) is 1.51. The molecule has 1 aromatic heterocycles. The van der Waals surface area contributed by atoms with Gasteiger partial charge in [0.25, 0.3) is 0 Å². The van der Waals surface area contributed by atoms with Gasteiger partial charge in [0.15, 0.2) is 0 Å². The van der Waals surface area contributed by atoms with Crippen molar-refractivity contribution in [2.75, 3.05) is 19.8 Å². The summed E-state index contributed by atoms with van der Waals surface area (Å²) in [5, 5.41) is 4.65. The van der Waals surface area contributed by atoms with E-state index in [-0.39, 0.29) is 6.04 Å². The molecule has 3 nitrogen and oxygen atoms in total. The van der Waals surface area contributed by atoms with Crippen LogP contribution >= 0.6 is 0 Å². The van der Waals surface area contributed by atoms with Crippen molar-refractivity contribution in [1.82, 2.24) is 5.32 Å². The predicted molar refractivity (Wildman–Crippen MR) is 82.9 cm³/mol. The van der Waals surface area contributed by atoms with Crippen molar-refractivity contribution < 1.29 is 9.15 Å². The number of rotatable bonds is 8. The third kappa shape index (κ3) is 4.09. The van der Waals surface area contributed by atoms with Gasteiger partial charge in [0, 0.05) is 12.0 Å². The first kappa shape index (κ1) is 15.1. The van der Waals surface area contributed by atoms with E-state index >= 15 is 0 Å². The molecular formula is C17H25NO2. The Labute approximate surface area is 121 Å². The van der Waals surface area contributed by atoms with Crippen molar-refractivity contribution in [3.05, 3.63) is 36.1 Å². The highest BCUT2D eigenvalue weighted by Crippen LogP contribution is 2.24. The Kier molecular flexibility index (Phi) is 5.62. The van der Waals surface area contributed by atoms with Gasteiger partial charge in [0.05, 0.1) is 12.6 Å². The summed E-state index contributed by atoms with van der Waals surface area (Å²) in [6, 6.07) is 10.4. The fraction of sp³-hybridized carbons (Fsp3) is 0.529. The van der Waals surface area contributed by atoms with E-state index < -0.39 is 0 Å². The molecule has 0 amide bonds. The molecule has 110 valence electrons. The van der Waals surface area contributed by atoms with Crippen LogP contribution in [0.1, 0.15) is 39.0 Å². The first-order valence-electron chi connectivity index (χ1n) is 7.50. The van der Waals surface area contributed by atoms with Crippen molar-refractivity contribution >= 4 is 11.0 Å². The minimum Gasteiger partial charge on any atom is -0.459 e. The lowest BCUT2D eigenvalue weighted by atomic mass is 10.2. The number of hydrogen-bond acceptors (Lipinski definition) is 3. The Bertz CT molecular complexity index is 485. The van der Waals surface area contributed by atoms with Gasteiger partial charge in [-0.1, -0.05) is 39.0 Å². The number of nitrogens with one attached hydrogen (secondary N) is 1. The Balaban J connectivity index is 2.07. The van der Waals surface area contributed by atoms with Gasteiger partial charge in [-0.2, -0.15) is 0 Å². The average molecular weight is 275 g/mol. The van der Waals surface area contributed by atoms with E-state index in [4.69, 9.17) is 9.15 Å². The van der Waals surface area contributed by atoms with Gasteiger partial charge in [-0.3, -0.25) is 0 Å². The van der Waals surface area contributed by atoms with Crippen LogP contribution < -0.4 is 5.32 Å². The molecule has 0 aliphatic heterocycles. The molecule has 1 atom stereocenters. The van der Waals surface area contributed by atoms with Crippen molar-refractivity contribution in [2.24, 2.45) is 5.92 Å². The van der Waals surface area contributed by atoms with Crippen molar-refractivity contribution in [1.29, 1.82) is 0 Å². The second-order valence-electron chi connectivity index (χ2n) is 5.62. The molecule has 3 heteroatoms. The maximum atomic E-state index is 5.94. The van der Waals surface area contributed by atoms with Gasteiger partial charge >= 0.3 is 0 Å². The molecule has 0 bridgehead atoms. The van der Waals surface area contributed by atoms with Gasteiger partial charge in [-0.05, 0) is 31.0 Å². The van der Waals surface area contributed by atoms with Crippen LogP contribution in [0.4, 0.5) is 0 Å². The van der Waals surface area contributed by atoms with Gasteiger partial charge in [-0.25, -0.2) is 0 Å². The fourth-order valence-corrected chi connectivity index (χ4v) is 2.16. The molecule has 2 aromatic rings. The van der Waals surface area contributed by atoms with Crippen LogP contribution in [0.5, 0.6) is 0 Å². The van der Waals surface area contributed by atoms with Gasteiger partial charge in [0.2, 0.25) is 0 Å². The lowest BCUT2D eigenvalue weighted by Gasteiger charge is -2.17. The number of fused-ring (bicyclic) bond motifs is 1. The van der Waals surface area contributed by atoms with E-state index in [1.54, 1.807) is 0 Å². The van der Waals surface area contributed by atoms with Crippen molar-refractivity contribution in [3.8, 4) is 0 Å². The summed E-state index contributed by atoms with van der Waals surface area (Å²) in [6.45, 7) is 8.89. The molecule has 0 fully saturated rings. The molecular weight excluding hydrogens is 250 g/mol. The molecule has 0 aliphatic carbocycles. The summed E-state index contributed by atoms with van der Waals surface area (Å²) >= 11 is 0. The zero-order valence-electron chi connectivity index (χ0n) is 12.7. The highest BCUT2D eigenvalue weighted by molar-refractivity contribution is 5.77. The van der Waals surface area contributed by atoms with E-state index in [9.17, 15) is 0 Å². The standard InChI is InChI=1S/C17H25NO2/c1-4-9-18-15(12-19-11-13(2)3)17-10-14-7-5-6-8-16(14)20-17/h5-8,10,13,15,18H,4,9,11-12H2,1-3H3. The van der Waals surface area contributed by atoms with Gasteiger partial charge < -0.3 is 14.5 Å². The van der Waals surface area contributed by atoms with Crippen LogP contribution in [0.3, 0.4) is 0 Å². The number of benzene rings is 1. The highest BCUT2D eigenvalue weighted by Gasteiger charge is 2.16. The Morgan fingerprint density at radius 3 is 2.70 bits per heavy atom. The van der Waals surface area contributed by atoms with Crippen molar-refractivity contribution in [2.45, 2.75) is 33.2 Å². The van der Waals surface area contributed by atoms with E-state index in [0.717, 1.165) is 36.3 Å². The summed E-state index contributed by atoms with van der Waals surface area (Å²) in [6.07, 6.45) is 1.10. The molecule has 20 heavy (non-hydrogen) atoms.